The van der Waals surface area contributed by atoms with Gasteiger partial charge in [0.2, 0.25) is 5.91 Å². The van der Waals surface area contributed by atoms with Gasteiger partial charge in [-0.25, -0.2) is 0 Å². The summed E-state index contributed by atoms with van der Waals surface area (Å²) < 4.78 is 0. The molecular weight excluding hydrogens is 384 g/mol. The van der Waals surface area contributed by atoms with Gasteiger partial charge >= 0.3 is 0 Å². The molecule has 4 nitrogen and oxygen atoms in total. The smallest absolute Gasteiger partial charge is 0.254 e. The van der Waals surface area contributed by atoms with Gasteiger partial charge in [0.25, 0.3) is 5.91 Å². The van der Waals surface area contributed by atoms with Crippen LogP contribution in [0, 0.1) is 0 Å². The maximum absolute atomic E-state index is 12.8. The zero-order chi connectivity index (χ0) is 20.2. The van der Waals surface area contributed by atoms with E-state index in [0.717, 1.165) is 23.2 Å². The lowest BCUT2D eigenvalue weighted by molar-refractivity contribution is -0.115. The number of hydrogen-bond acceptors (Lipinski definition) is 2. The lowest BCUT2D eigenvalue weighted by Gasteiger charge is -2.29. The number of halogens is 1. The second-order valence-corrected chi connectivity index (χ2v) is 7.55. The molecule has 0 saturated carbocycles. The second kappa shape index (κ2) is 8.50. The van der Waals surface area contributed by atoms with Crippen molar-refractivity contribution in [2.75, 3.05) is 11.9 Å². The first-order chi connectivity index (χ1) is 14.1. The molecule has 1 aliphatic heterocycles. The first kappa shape index (κ1) is 19.2. The van der Waals surface area contributed by atoms with Crippen LogP contribution in [-0.2, 0) is 24.2 Å². The van der Waals surface area contributed by atoms with Crippen LogP contribution in [0.3, 0.4) is 0 Å². The molecule has 0 fully saturated rings. The Morgan fingerprint density at radius 3 is 2.48 bits per heavy atom. The van der Waals surface area contributed by atoms with Crippen LogP contribution in [0.1, 0.15) is 27.0 Å². The van der Waals surface area contributed by atoms with Crippen LogP contribution >= 0.6 is 11.6 Å². The second-order valence-electron chi connectivity index (χ2n) is 7.14. The number of rotatable bonds is 4. The number of nitrogens with zero attached hydrogens (tertiary/aromatic N) is 1. The molecule has 29 heavy (non-hydrogen) atoms. The molecule has 3 aromatic rings. The van der Waals surface area contributed by atoms with Crippen molar-refractivity contribution in [3.8, 4) is 0 Å². The van der Waals surface area contributed by atoms with E-state index in [4.69, 9.17) is 11.6 Å². The fraction of sp³-hybridized carbons (Fsp3) is 0.167. The average Bonchev–Trinajstić information content (AvgIpc) is 2.75. The van der Waals surface area contributed by atoms with Crippen LogP contribution in [0.4, 0.5) is 5.69 Å². The van der Waals surface area contributed by atoms with Crippen LogP contribution < -0.4 is 5.32 Å². The minimum absolute atomic E-state index is 0.0319. The molecule has 0 bridgehead atoms. The summed E-state index contributed by atoms with van der Waals surface area (Å²) in [4.78, 5) is 27.0. The van der Waals surface area contributed by atoms with Crippen molar-refractivity contribution in [2.24, 2.45) is 0 Å². The highest BCUT2D eigenvalue weighted by Crippen LogP contribution is 2.24. The summed E-state index contributed by atoms with van der Waals surface area (Å²) in [5.74, 6) is -0.0875. The number of nitrogens with one attached hydrogen (secondary N) is 1. The van der Waals surface area contributed by atoms with E-state index in [0.29, 0.717) is 23.7 Å². The number of carbonyl (C=O) groups is 2. The van der Waals surface area contributed by atoms with Gasteiger partial charge in [-0.3, -0.25) is 9.59 Å². The summed E-state index contributed by atoms with van der Waals surface area (Å²) in [6.45, 7) is 1.23. The normalized spacial score (nSPS) is 12.9. The third-order valence-corrected chi connectivity index (χ3v) is 5.49. The van der Waals surface area contributed by atoms with Crippen molar-refractivity contribution in [3.63, 3.8) is 0 Å². The predicted molar refractivity (Wildman–Crippen MR) is 115 cm³/mol. The molecule has 1 aliphatic rings. The van der Waals surface area contributed by atoms with Crippen molar-refractivity contribution in [2.45, 2.75) is 19.4 Å². The third-order valence-electron chi connectivity index (χ3n) is 5.12. The van der Waals surface area contributed by atoms with Crippen LogP contribution in [0.5, 0.6) is 0 Å². The van der Waals surface area contributed by atoms with Gasteiger partial charge < -0.3 is 10.2 Å². The molecule has 4 rings (SSSR count). The summed E-state index contributed by atoms with van der Waals surface area (Å²) >= 11 is 6.14. The molecule has 0 atom stereocenters. The Balaban J connectivity index is 1.45. The Bertz CT molecular complexity index is 1050. The van der Waals surface area contributed by atoms with Gasteiger partial charge in [0.15, 0.2) is 0 Å². The minimum Gasteiger partial charge on any atom is -0.334 e. The molecule has 0 spiro atoms. The molecule has 0 saturated heterocycles. The van der Waals surface area contributed by atoms with Gasteiger partial charge in [-0.1, -0.05) is 54.1 Å². The van der Waals surface area contributed by atoms with Gasteiger partial charge in [0, 0.05) is 29.4 Å². The fourth-order valence-electron chi connectivity index (χ4n) is 3.59. The van der Waals surface area contributed by atoms with Crippen LogP contribution in [0.25, 0.3) is 0 Å². The monoisotopic (exact) mass is 404 g/mol. The van der Waals surface area contributed by atoms with Gasteiger partial charge in [0.1, 0.15) is 0 Å². The molecule has 0 unspecified atom stereocenters. The topological polar surface area (TPSA) is 49.4 Å². The SMILES string of the molecule is O=C(Cc1ccccc1Cl)Nc1ccc2c(c1)CN(C(=O)c1ccccc1)CC2. The molecule has 3 aromatic carbocycles. The highest BCUT2D eigenvalue weighted by molar-refractivity contribution is 6.31. The molecule has 2 amide bonds. The molecule has 0 aliphatic carbocycles. The maximum atomic E-state index is 12.8. The number of fused-ring (bicyclic) bond motifs is 1. The van der Waals surface area contributed by atoms with Crippen LogP contribution in [0.2, 0.25) is 5.02 Å². The Labute approximate surface area is 175 Å². The van der Waals surface area contributed by atoms with Crippen molar-refractivity contribution >= 4 is 29.1 Å². The van der Waals surface area contributed by atoms with Crippen LogP contribution in [0.15, 0.2) is 72.8 Å². The van der Waals surface area contributed by atoms with E-state index in [-0.39, 0.29) is 18.2 Å². The summed E-state index contributed by atoms with van der Waals surface area (Å²) in [6.07, 6.45) is 1.02. The largest absolute Gasteiger partial charge is 0.334 e. The number of hydrogen-bond donors (Lipinski definition) is 1. The molecule has 146 valence electrons. The quantitative estimate of drug-likeness (QED) is 0.684. The summed E-state index contributed by atoms with van der Waals surface area (Å²) in [5, 5.41) is 3.53. The fourth-order valence-corrected chi connectivity index (χ4v) is 3.79. The number of benzene rings is 3. The molecule has 5 heteroatoms. The van der Waals surface area contributed by atoms with Gasteiger partial charge in [-0.05, 0) is 53.4 Å². The summed E-state index contributed by atoms with van der Waals surface area (Å²) in [5.41, 5.74) is 4.50. The van der Waals surface area contributed by atoms with Gasteiger partial charge in [0.05, 0.1) is 6.42 Å². The lowest BCUT2D eigenvalue weighted by atomic mass is 9.98. The predicted octanol–water partition coefficient (Wildman–Crippen LogP) is 4.72. The summed E-state index contributed by atoms with van der Waals surface area (Å²) in [7, 11) is 0. The van der Waals surface area contributed by atoms with Crippen molar-refractivity contribution < 1.29 is 9.59 Å². The van der Waals surface area contributed by atoms with Crippen LogP contribution in [-0.4, -0.2) is 23.3 Å². The lowest BCUT2D eigenvalue weighted by Crippen LogP contribution is -2.36. The molecule has 0 aromatic heterocycles. The first-order valence-corrected chi connectivity index (χ1v) is 9.97. The van der Waals surface area contributed by atoms with E-state index in [9.17, 15) is 9.59 Å². The Hall–Kier alpha value is -3.11. The van der Waals surface area contributed by atoms with E-state index in [1.165, 1.54) is 5.56 Å². The van der Waals surface area contributed by atoms with Crippen molar-refractivity contribution in [1.29, 1.82) is 0 Å². The average molecular weight is 405 g/mol. The molecule has 1 N–H and O–H groups in total. The first-order valence-electron chi connectivity index (χ1n) is 9.59. The number of amides is 2. The van der Waals surface area contributed by atoms with E-state index in [1.807, 2.05) is 71.6 Å². The van der Waals surface area contributed by atoms with Crippen molar-refractivity contribution in [1.82, 2.24) is 4.90 Å². The van der Waals surface area contributed by atoms with E-state index in [2.05, 4.69) is 5.32 Å². The molecule has 0 radical (unpaired) electrons. The minimum atomic E-state index is -0.119. The standard InChI is InChI=1S/C24H21ClN2O2/c25-22-9-5-4-8-19(22)15-23(28)26-21-11-10-17-12-13-27(16-20(17)14-21)24(29)18-6-2-1-3-7-18/h1-11,14H,12-13,15-16H2,(H,26,28). The van der Waals surface area contributed by atoms with Gasteiger partial charge in [-0.15, -0.1) is 0 Å². The van der Waals surface area contributed by atoms with Crippen molar-refractivity contribution in [3.05, 3.63) is 100 Å². The van der Waals surface area contributed by atoms with Gasteiger partial charge in [-0.2, -0.15) is 0 Å². The van der Waals surface area contributed by atoms with E-state index >= 15 is 0 Å². The Morgan fingerprint density at radius 1 is 0.931 bits per heavy atom. The molecular formula is C24H21ClN2O2. The Morgan fingerprint density at radius 2 is 1.69 bits per heavy atom. The zero-order valence-corrected chi connectivity index (χ0v) is 16.7. The Kier molecular flexibility index (Phi) is 5.63. The highest BCUT2D eigenvalue weighted by atomic mass is 35.5. The zero-order valence-electron chi connectivity index (χ0n) is 15.9. The highest BCUT2D eigenvalue weighted by Gasteiger charge is 2.22. The molecule has 1 heterocycles. The summed E-state index contributed by atoms with van der Waals surface area (Å²) in [6, 6.07) is 22.6. The number of anilines is 1. The third kappa shape index (κ3) is 4.49. The maximum Gasteiger partial charge on any atom is 0.254 e. The van der Waals surface area contributed by atoms with E-state index < -0.39 is 0 Å². The van der Waals surface area contributed by atoms with E-state index in [1.54, 1.807) is 6.07 Å². The number of carbonyl (C=O) groups excluding carboxylic acids is 2.